The number of aliphatic hydroxyl groups is 14. The molecular formula is C60H98O27. The number of carbonyl (C=O) groups is 1. The molecule has 11 rings (SSSR count). The topological polar surface area (TPSA) is 411 Å². The Kier molecular flexibility index (Phi) is 18.7. The van der Waals surface area contributed by atoms with Gasteiger partial charge in [0, 0.05) is 23.2 Å². The molecule has 27 heteroatoms. The highest BCUT2D eigenvalue weighted by Crippen LogP contribution is 2.80. The number of rotatable bonds is 14. The summed E-state index contributed by atoms with van der Waals surface area (Å²) in [4.78, 5) is 12.1. The second-order valence-electron chi connectivity index (χ2n) is 29.4. The summed E-state index contributed by atoms with van der Waals surface area (Å²) in [6, 6.07) is 0. The van der Waals surface area contributed by atoms with Crippen LogP contribution in [0, 0.1) is 50.2 Å². The molecule has 0 radical (unpaired) electrons. The molecule has 0 aromatic carbocycles. The van der Waals surface area contributed by atoms with Crippen molar-refractivity contribution in [3.8, 4) is 0 Å². The van der Waals surface area contributed by atoms with Crippen molar-refractivity contribution in [1.82, 2.24) is 0 Å². The maximum atomic E-state index is 12.7. The van der Waals surface area contributed by atoms with E-state index >= 15 is 0 Å². The maximum Gasteiger partial charge on any atom is 0.302 e. The molecule has 14 N–H and O–H groups in total. The van der Waals surface area contributed by atoms with E-state index in [1.54, 1.807) is 0 Å². The zero-order valence-electron chi connectivity index (χ0n) is 51.0. The fraction of sp³-hybridized carbons (Fsp3) is 0.983. The zero-order chi connectivity index (χ0) is 63.0. The molecule has 11 fully saturated rings. The number of esters is 1. The van der Waals surface area contributed by atoms with Crippen molar-refractivity contribution in [2.45, 2.75) is 279 Å². The molecule has 0 amide bonds. The minimum absolute atomic E-state index is 0.0748. The second-order valence-corrected chi connectivity index (χ2v) is 29.4. The number of carbonyl (C=O) groups excluding carboxylic acids is 1. The molecule has 27 nitrogen and oxygen atoms in total. The molecule has 5 saturated carbocycles. The largest absolute Gasteiger partial charge is 0.465 e. The van der Waals surface area contributed by atoms with Crippen molar-refractivity contribution in [3.63, 3.8) is 0 Å². The van der Waals surface area contributed by atoms with Crippen LogP contribution in [0.4, 0.5) is 0 Å². The molecule has 0 aromatic rings. The molecule has 500 valence electrons. The quantitative estimate of drug-likeness (QED) is 0.0623. The fourth-order valence-electron chi connectivity index (χ4n) is 19.1. The third-order valence-corrected chi connectivity index (χ3v) is 24.4. The lowest BCUT2D eigenvalue weighted by atomic mass is 9.30. The Morgan fingerprint density at radius 1 is 0.529 bits per heavy atom. The Morgan fingerprint density at radius 3 is 1.83 bits per heavy atom. The van der Waals surface area contributed by atoms with Crippen LogP contribution in [0.15, 0.2) is 0 Å². The molecule has 2 bridgehead atoms. The highest BCUT2D eigenvalue weighted by molar-refractivity contribution is 5.65. The lowest BCUT2D eigenvalue weighted by molar-refractivity contribution is -0.404. The van der Waals surface area contributed by atoms with Gasteiger partial charge in [0.25, 0.3) is 0 Å². The average Bonchev–Trinajstić information content (AvgIpc) is 1.65. The Hall–Kier alpha value is -1.53. The Balaban J connectivity index is 0.861. The minimum Gasteiger partial charge on any atom is -0.465 e. The summed E-state index contributed by atoms with van der Waals surface area (Å²) in [5.41, 5.74) is -2.59. The summed E-state index contributed by atoms with van der Waals surface area (Å²) in [6.45, 7) is 14.6. The van der Waals surface area contributed by atoms with Crippen LogP contribution in [-0.2, 0) is 61.6 Å². The highest BCUT2D eigenvalue weighted by Gasteiger charge is 2.80. The van der Waals surface area contributed by atoms with Gasteiger partial charge in [-0.3, -0.25) is 4.79 Å². The zero-order valence-corrected chi connectivity index (χ0v) is 51.0. The molecule has 6 heterocycles. The Bertz CT molecular complexity index is 2410. The lowest BCUT2D eigenvalue weighted by Crippen LogP contribution is -2.74. The first-order valence-electron chi connectivity index (χ1n) is 31.5. The van der Waals surface area contributed by atoms with Crippen molar-refractivity contribution in [3.05, 3.63) is 0 Å². The standard InChI is InChI=1S/C60H98O27/c1-25-36(66)41(71)44(74)50(80-25)85-46-39(69)29(20-62)82-53(48(46)87-49-43(73)37(67)27(64)21-76-49)83-30-22-77-52(47(40(30)70)86-51-45(75)42(72)38(68)28(19-61)81-51)84-35-11-12-56(6)31(54(35,3)4)9-13-57(7)32(56)10-14-60-33-17-55(5,23-78-26(2)63)15-16-59(33,24-79-60)34(65)18-58(57,60)8/h25,27-53,61-62,64-75H,9-24H2,1-8H3/t25-,27+,28+,29+,30-,31?,32?,33+,34+,35-,36-,37-,38+,39+,40-,41+,42-,43+,44+,45+,46-,47+,48+,49-,50-,51-,52-,53-,55-,56-,57+,58-,59+,60-/m0/s1. The van der Waals surface area contributed by atoms with Gasteiger partial charge in [0.2, 0.25) is 0 Å². The molecule has 6 saturated heterocycles. The van der Waals surface area contributed by atoms with Crippen molar-refractivity contribution >= 4 is 5.97 Å². The number of ether oxygens (including phenoxy) is 12. The third-order valence-electron chi connectivity index (χ3n) is 24.4. The highest BCUT2D eigenvalue weighted by atomic mass is 16.8. The van der Waals surface area contributed by atoms with Gasteiger partial charge in [-0.1, -0.05) is 41.5 Å². The number of fused-ring (bicyclic) bond motifs is 4. The molecule has 1 spiro atoms. The summed E-state index contributed by atoms with van der Waals surface area (Å²) < 4.78 is 74.8. The van der Waals surface area contributed by atoms with E-state index in [-0.39, 0.29) is 45.4 Å². The van der Waals surface area contributed by atoms with Crippen molar-refractivity contribution in [2.24, 2.45) is 50.2 Å². The van der Waals surface area contributed by atoms with E-state index in [2.05, 4.69) is 41.5 Å². The van der Waals surface area contributed by atoms with Crippen molar-refractivity contribution < 1.29 is 133 Å². The van der Waals surface area contributed by atoms with E-state index in [0.29, 0.717) is 26.1 Å². The van der Waals surface area contributed by atoms with Crippen LogP contribution in [-0.4, -0.2) is 276 Å². The van der Waals surface area contributed by atoms with E-state index in [1.165, 1.54) is 13.8 Å². The molecular weight excluding hydrogens is 1150 g/mol. The van der Waals surface area contributed by atoms with Gasteiger partial charge in [0.1, 0.15) is 104 Å². The van der Waals surface area contributed by atoms with Crippen LogP contribution in [0.2, 0.25) is 0 Å². The summed E-state index contributed by atoms with van der Waals surface area (Å²) in [6.07, 6.45) is -33.2. The molecule has 11 aliphatic rings. The van der Waals surface area contributed by atoms with E-state index in [0.717, 1.165) is 51.4 Å². The van der Waals surface area contributed by atoms with E-state index < -0.39 is 196 Å². The van der Waals surface area contributed by atoms with Crippen LogP contribution < -0.4 is 0 Å². The Morgan fingerprint density at radius 2 is 1.14 bits per heavy atom. The molecule has 5 aliphatic carbocycles. The minimum atomic E-state index is -1.95. The average molecular weight is 1250 g/mol. The van der Waals surface area contributed by atoms with Gasteiger partial charge in [0.05, 0.1) is 63.6 Å². The lowest BCUT2D eigenvalue weighted by Gasteiger charge is -2.75. The van der Waals surface area contributed by atoms with E-state index in [4.69, 9.17) is 56.8 Å². The summed E-state index contributed by atoms with van der Waals surface area (Å²) in [5, 5.41) is 155. The van der Waals surface area contributed by atoms with Crippen LogP contribution in [0.3, 0.4) is 0 Å². The first-order chi connectivity index (χ1) is 40.9. The molecule has 87 heavy (non-hydrogen) atoms. The van der Waals surface area contributed by atoms with Crippen LogP contribution >= 0.6 is 0 Å². The van der Waals surface area contributed by atoms with Gasteiger partial charge in [-0.25, -0.2) is 0 Å². The van der Waals surface area contributed by atoms with Crippen LogP contribution in [0.25, 0.3) is 0 Å². The number of hydrogen-bond donors (Lipinski definition) is 14. The third kappa shape index (κ3) is 10.8. The number of hydrogen-bond acceptors (Lipinski definition) is 27. The number of aliphatic hydroxyl groups excluding tert-OH is 14. The molecule has 0 aromatic heterocycles. The van der Waals surface area contributed by atoms with Crippen molar-refractivity contribution in [2.75, 3.05) is 39.6 Å². The van der Waals surface area contributed by atoms with Gasteiger partial charge in [0.15, 0.2) is 31.5 Å². The predicted molar refractivity (Wildman–Crippen MR) is 292 cm³/mol. The van der Waals surface area contributed by atoms with Gasteiger partial charge in [-0.2, -0.15) is 0 Å². The van der Waals surface area contributed by atoms with Crippen LogP contribution in [0.5, 0.6) is 0 Å². The Labute approximate surface area is 506 Å². The molecule has 6 aliphatic heterocycles. The second kappa shape index (κ2) is 24.3. The van der Waals surface area contributed by atoms with Gasteiger partial charge < -0.3 is 128 Å². The van der Waals surface area contributed by atoms with Crippen molar-refractivity contribution in [1.29, 1.82) is 0 Å². The first kappa shape index (κ1) is 66.9. The maximum absolute atomic E-state index is 12.7. The summed E-state index contributed by atoms with van der Waals surface area (Å²) >= 11 is 0. The van der Waals surface area contributed by atoms with Gasteiger partial charge >= 0.3 is 5.97 Å². The normalized spacial score (nSPS) is 56.5. The smallest absolute Gasteiger partial charge is 0.302 e. The van der Waals surface area contributed by atoms with E-state index in [9.17, 15) is 76.3 Å². The summed E-state index contributed by atoms with van der Waals surface area (Å²) in [5.74, 6) is 0.0615. The SMILES string of the molecule is CC(=O)OC[C@@]1(C)CC[C@]23CO[C@@]4(CCC5[C@@]6(C)CC[C@H](O[C@@H]7OC[C@H](O[C@@H]8O[C@H](CO)[C@@H](O)[C@H](O[C@@H]9O[C@@H](C)[C@H](O)[C@@H](O)[C@H]9O)[C@H]8O[C@@H]8OC[C@@H](O)[C@H](O)[C@H]8O)[C@H](O)[C@H]7O[C@@H]7O[C@H](CO)[C@@H](O)[C@H](O)[C@H]7O)C(C)(C)C6CC[C@@]5(C)[C@]4(C)C[C@H]2O)[C@@H]3C1. The fourth-order valence-corrected chi connectivity index (χ4v) is 19.1. The van der Waals surface area contributed by atoms with Crippen LogP contribution in [0.1, 0.15) is 120 Å². The van der Waals surface area contributed by atoms with Gasteiger partial charge in [-0.15, -0.1) is 0 Å². The van der Waals surface area contributed by atoms with E-state index in [1.807, 2.05) is 0 Å². The summed E-state index contributed by atoms with van der Waals surface area (Å²) in [7, 11) is 0. The predicted octanol–water partition coefficient (Wildman–Crippen LogP) is -2.68. The monoisotopic (exact) mass is 1250 g/mol. The first-order valence-corrected chi connectivity index (χ1v) is 31.5. The molecule has 2 unspecified atom stereocenters. The van der Waals surface area contributed by atoms with Gasteiger partial charge in [-0.05, 0) is 105 Å². The molecule has 34 atom stereocenters.